The zero-order chi connectivity index (χ0) is 8.97. The molecule has 1 saturated heterocycles. The van der Waals surface area contributed by atoms with Gasteiger partial charge in [0.2, 0.25) is 0 Å². The van der Waals surface area contributed by atoms with E-state index < -0.39 is 0 Å². The van der Waals surface area contributed by atoms with Gasteiger partial charge in [-0.15, -0.1) is 0 Å². The van der Waals surface area contributed by atoms with E-state index in [2.05, 4.69) is 18.8 Å². The van der Waals surface area contributed by atoms with Crippen molar-refractivity contribution < 1.29 is 4.79 Å². The van der Waals surface area contributed by atoms with E-state index in [0.29, 0.717) is 5.92 Å². The molecule has 1 aliphatic heterocycles. The van der Waals surface area contributed by atoms with Crippen molar-refractivity contribution >= 4 is 5.91 Å². The molecule has 1 amide bonds. The van der Waals surface area contributed by atoms with Crippen LogP contribution in [0.1, 0.15) is 26.7 Å². The second-order valence-corrected chi connectivity index (χ2v) is 3.19. The molecule has 0 aromatic carbocycles. The smallest absolute Gasteiger partial charge is 0.298 e. The summed E-state index contributed by atoms with van der Waals surface area (Å²) in [6.07, 6.45) is 2.32. The third-order valence-corrected chi connectivity index (χ3v) is 2.38. The molecule has 1 aliphatic rings. The van der Waals surface area contributed by atoms with Crippen LogP contribution in [0.5, 0.6) is 0 Å². The molecule has 1 atom stereocenters. The van der Waals surface area contributed by atoms with Gasteiger partial charge < -0.3 is 4.90 Å². The minimum Gasteiger partial charge on any atom is -0.332 e. The molecule has 2 nitrogen and oxygen atoms in total. The topological polar surface area (TPSA) is 20.3 Å². The zero-order valence-corrected chi connectivity index (χ0v) is 7.76. The lowest BCUT2D eigenvalue weighted by atomic mass is 10.1. The number of amides is 1. The average Bonchev–Trinajstić information content (AvgIpc) is 2.52. The van der Waals surface area contributed by atoms with Gasteiger partial charge in [0.1, 0.15) is 0 Å². The Kier molecular flexibility index (Phi) is 3.16. The Morgan fingerprint density at radius 3 is 2.92 bits per heavy atom. The summed E-state index contributed by atoms with van der Waals surface area (Å²) in [6.45, 7) is 5.67. The van der Waals surface area contributed by atoms with Crippen LogP contribution in [0.4, 0.5) is 0 Å². The molecule has 12 heavy (non-hydrogen) atoms. The molecule has 0 aromatic heterocycles. The van der Waals surface area contributed by atoms with Gasteiger partial charge in [-0.05, 0) is 25.2 Å². The van der Waals surface area contributed by atoms with Crippen LogP contribution in [-0.2, 0) is 4.79 Å². The quantitative estimate of drug-likeness (QED) is 0.536. The summed E-state index contributed by atoms with van der Waals surface area (Å²) >= 11 is 0. The van der Waals surface area contributed by atoms with Crippen LogP contribution < -0.4 is 0 Å². The fourth-order valence-electron chi connectivity index (χ4n) is 1.54. The van der Waals surface area contributed by atoms with Crippen LogP contribution in [0.2, 0.25) is 0 Å². The predicted octanol–water partition coefficient (Wildman–Crippen LogP) is 1.27. The summed E-state index contributed by atoms with van der Waals surface area (Å²) in [5, 5.41) is 0. The van der Waals surface area contributed by atoms with Crippen LogP contribution in [0.3, 0.4) is 0 Å². The summed E-state index contributed by atoms with van der Waals surface area (Å²) < 4.78 is 0. The molecule has 1 rings (SSSR count). The number of nitrogens with zero attached hydrogens (tertiary/aromatic N) is 1. The monoisotopic (exact) mass is 165 g/mol. The number of likely N-dealkylation sites (tertiary alicyclic amines) is 1. The minimum atomic E-state index is -0.00606. The molecule has 1 fully saturated rings. The van der Waals surface area contributed by atoms with Crippen molar-refractivity contribution in [3.8, 4) is 11.8 Å². The number of hydrogen-bond donors (Lipinski definition) is 0. The lowest BCUT2D eigenvalue weighted by Crippen LogP contribution is -2.27. The number of carbonyl (C=O) groups excluding carboxylic acids is 1. The first-order valence-corrected chi connectivity index (χ1v) is 4.49. The van der Waals surface area contributed by atoms with E-state index in [1.165, 1.54) is 6.42 Å². The van der Waals surface area contributed by atoms with E-state index >= 15 is 0 Å². The van der Waals surface area contributed by atoms with E-state index in [0.717, 1.165) is 19.5 Å². The Hall–Kier alpha value is -0.970. The largest absolute Gasteiger partial charge is 0.332 e. The fraction of sp³-hybridized carbons (Fsp3) is 0.700. The van der Waals surface area contributed by atoms with Crippen molar-refractivity contribution in [3.63, 3.8) is 0 Å². The van der Waals surface area contributed by atoms with Gasteiger partial charge in [0.05, 0.1) is 0 Å². The van der Waals surface area contributed by atoms with Crippen molar-refractivity contribution in [2.24, 2.45) is 5.92 Å². The maximum absolute atomic E-state index is 11.3. The van der Waals surface area contributed by atoms with Gasteiger partial charge in [-0.1, -0.05) is 19.3 Å². The Labute approximate surface area is 73.9 Å². The molecule has 0 spiro atoms. The Morgan fingerprint density at radius 2 is 2.42 bits per heavy atom. The van der Waals surface area contributed by atoms with E-state index in [9.17, 15) is 4.79 Å². The molecule has 0 unspecified atom stereocenters. The van der Waals surface area contributed by atoms with Crippen molar-refractivity contribution in [1.82, 2.24) is 4.90 Å². The Morgan fingerprint density at radius 1 is 1.67 bits per heavy atom. The highest BCUT2D eigenvalue weighted by molar-refractivity contribution is 5.93. The second kappa shape index (κ2) is 4.15. The van der Waals surface area contributed by atoms with Crippen molar-refractivity contribution in [2.75, 3.05) is 13.1 Å². The normalized spacial score (nSPS) is 21.8. The fourth-order valence-corrected chi connectivity index (χ4v) is 1.54. The molecule has 66 valence electrons. The molecule has 1 heterocycles. The van der Waals surface area contributed by atoms with E-state index in [1.807, 2.05) is 4.90 Å². The van der Waals surface area contributed by atoms with Gasteiger partial charge >= 0.3 is 0 Å². The van der Waals surface area contributed by atoms with E-state index in [4.69, 9.17) is 0 Å². The molecule has 0 aliphatic carbocycles. The maximum atomic E-state index is 11.3. The molecule has 0 aromatic rings. The predicted molar refractivity (Wildman–Crippen MR) is 48.4 cm³/mol. The summed E-state index contributed by atoms with van der Waals surface area (Å²) in [5.74, 6) is 5.90. The van der Waals surface area contributed by atoms with Gasteiger partial charge in [0.15, 0.2) is 0 Å². The van der Waals surface area contributed by atoms with E-state index in [1.54, 1.807) is 6.92 Å². The summed E-state index contributed by atoms with van der Waals surface area (Å²) in [7, 11) is 0. The van der Waals surface area contributed by atoms with Crippen LogP contribution in [0, 0.1) is 17.8 Å². The zero-order valence-electron chi connectivity index (χ0n) is 7.76. The highest BCUT2D eigenvalue weighted by Crippen LogP contribution is 2.18. The molecule has 0 N–H and O–H groups in total. The molecule has 0 bridgehead atoms. The first kappa shape index (κ1) is 9.12. The molecule has 2 heteroatoms. The number of hydrogen-bond acceptors (Lipinski definition) is 1. The van der Waals surface area contributed by atoms with Crippen LogP contribution in [-0.4, -0.2) is 23.9 Å². The van der Waals surface area contributed by atoms with Gasteiger partial charge in [-0.3, -0.25) is 4.79 Å². The van der Waals surface area contributed by atoms with Crippen LogP contribution in [0.15, 0.2) is 0 Å². The molecular weight excluding hydrogens is 150 g/mol. The highest BCUT2D eigenvalue weighted by Gasteiger charge is 2.23. The molecule has 0 saturated carbocycles. The van der Waals surface area contributed by atoms with Crippen molar-refractivity contribution in [3.05, 3.63) is 0 Å². The number of rotatable bonds is 1. The average molecular weight is 165 g/mol. The maximum Gasteiger partial charge on any atom is 0.298 e. The van der Waals surface area contributed by atoms with Crippen LogP contribution >= 0.6 is 0 Å². The lowest BCUT2D eigenvalue weighted by Gasteiger charge is -2.11. The van der Waals surface area contributed by atoms with E-state index in [-0.39, 0.29) is 5.91 Å². The van der Waals surface area contributed by atoms with Gasteiger partial charge in [0.25, 0.3) is 5.91 Å². The lowest BCUT2D eigenvalue weighted by molar-refractivity contribution is -0.124. The second-order valence-electron chi connectivity index (χ2n) is 3.19. The standard InChI is InChI=1S/C10H15NO/c1-3-5-10(12)11-7-6-9(4-2)8-11/h9H,4,6-8H2,1-2H3/t9-/m0/s1. The molecule has 0 radical (unpaired) electrons. The third-order valence-electron chi connectivity index (χ3n) is 2.38. The van der Waals surface area contributed by atoms with Crippen molar-refractivity contribution in [1.29, 1.82) is 0 Å². The third kappa shape index (κ3) is 2.01. The summed E-state index contributed by atoms with van der Waals surface area (Å²) in [6, 6.07) is 0. The van der Waals surface area contributed by atoms with Crippen molar-refractivity contribution in [2.45, 2.75) is 26.7 Å². The summed E-state index contributed by atoms with van der Waals surface area (Å²) in [4.78, 5) is 13.1. The first-order valence-electron chi connectivity index (χ1n) is 4.49. The summed E-state index contributed by atoms with van der Waals surface area (Å²) in [5.41, 5.74) is 0. The van der Waals surface area contributed by atoms with Crippen LogP contribution in [0.25, 0.3) is 0 Å². The SMILES string of the molecule is CC#CC(=O)N1CC[C@H](CC)C1. The Bertz CT molecular complexity index is 224. The van der Waals surface area contributed by atoms with Gasteiger partial charge in [0, 0.05) is 13.1 Å². The minimum absolute atomic E-state index is 0.00606. The highest BCUT2D eigenvalue weighted by atomic mass is 16.2. The Balaban J connectivity index is 2.44. The van der Waals surface area contributed by atoms with Gasteiger partial charge in [-0.2, -0.15) is 0 Å². The number of carbonyl (C=O) groups is 1. The van der Waals surface area contributed by atoms with Gasteiger partial charge in [-0.25, -0.2) is 0 Å². The molecular formula is C10H15NO. The first-order chi connectivity index (χ1) is 5.77.